The average molecular weight is 447 g/mol. The lowest BCUT2D eigenvalue weighted by Gasteiger charge is -2.32. The first-order chi connectivity index (χ1) is 16.6. The van der Waals surface area contributed by atoms with Crippen LogP contribution in [0.2, 0.25) is 0 Å². The number of carbonyl (C=O) groups is 1. The number of nitrogens with zero attached hydrogens (tertiary/aromatic N) is 2. The van der Waals surface area contributed by atoms with Crippen LogP contribution >= 0.6 is 0 Å². The summed E-state index contributed by atoms with van der Waals surface area (Å²) in [7, 11) is 1.62. The molecule has 0 saturated carbocycles. The van der Waals surface area contributed by atoms with Crippen LogP contribution in [-0.4, -0.2) is 18.7 Å². The number of benzene rings is 4. The molecule has 0 N–H and O–H groups in total. The van der Waals surface area contributed by atoms with Crippen LogP contribution < -0.4 is 9.64 Å². The first-order valence-corrected chi connectivity index (χ1v) is 11.4. The fourth-order valence-corrected chi connectivity index (χ4v) is 4.39. The number of hydrogen-bond donors (Lipinski definition) is 0. The standard InChI is InChI=1S/C30H26N2O2/c1-21-12-14-22(15-13-21)27-20-29(23-8-4-3-5-9-23)32(28-11-7-6-10-26(28)31-27)30(33)24-16-18-25(34-2)19-17-24/h3-19,29H,20H2,1-2H3/t29-/m0/s1. The van der Waals surface area contributed by atoms with Gasteiger partial charge in [-0.25, -0.2) is 0 Å². The molecule has 1 aliphatic heterocycles. The summed E-state index contributed by atoms with van der Waals surface area (Å²) in [4.78, 5) is 21.0. The number of methoxy groups -OCH3 is 1. The lowest BCUT2D eigenvalue weighted by molar-refractivity contribution is 0.0977. The maximum Gasteiger partial charge on any atom is 0.258 e. The molecular formula is C30H26N2O2. The van der Waals surface area contributed by atoms with Gasteiger partial charge in [0.2, 0.25) is 0 Å². The van der Waals surface area contributed by atoms with E-state index in [2.05, 4.69) is 43.3 Å². The van der Waals surface area contributed by atoms with Crippen molar-refractivity contribution in [2.24, 2.45) is 4.99 Å². The Labute approximate surface area is 200 Å². The fourth-order valence-electron chi connectivity index (χ4n) is 4.39. The minimum atomic E-state index is -0.209. The number of anilines is 1. The largest absolute Gasteiger partial charge is 0.497 e. The molecule has 0 bridgehead atoms. The van der Waals surface area contributed by atoms with Crippen LogP contribution in [0.3, 0.4) is 0 Å². The lowest BCUT2D eigenvalue weighted by atomic mass is 9.95. The molecule has 4 aromatic carbocycles. The highest BCUT2D eigenvalue weighted by Crippen LogP contribution is 2.41. The normalized spacial score (nSPS) is 15.2. The summed E-state index contributed by atoms with van der Waals surface area (Å²) in [6.45, 7) is 2.08. The molecule has 0 spiro atoms. The Morgan fingerprint density at radius 2 is 1.53 bits per heavy atom. The second kappa shape index (κ2) is 9.36. The van der Waals surface area contributed by atoms with Gasteiger partial charge in [0.25, 0.3) is 5.91 Å². The molecule has 4 heteroatoms. The summed E-state index contributed by atoms with van der Waals surface area (Å²) in [6.07, 6.45) is 0.601. The molecule has 4 aromatic rings. The Morgan fingerprint density at radius 1 is 0.853 bits per heavy atom. The number of fused-ring (bicyclic) bond motifs is 1. The minimum absolute atomic E-state index is 0.0655. The van der Waals surface area contributed by atoms with E-state index in [1.807, 2.05) is 71.6 Å². The molecule has 1 amide bonds. The molecule has 4 nitrogen and oxygen atoms in total. The molecule has 1 atom stereocenters. The van der Waals surface area contributed by atoms with Gasteiger partial charge < -0.3 is 4.74 Å². The van der Waals surface area contributed by atoms with Crippen molar-refractivity contribution >= 4 is 23.0 Å². The maximum atomic E-state index is 14.0. The molecule has 0 saturated heterocycles. The van der Waals surface area contributed by atoms with Gasteiger partial charge in [0.15, 0.2) is 0 Å². The van der Waals surface area contributed by atoms with Gasteiger partial charge in [-0.2, -0.15) is 0 Å². The van der Waals surface area contributed by atoms with E-state index in [1.165, 1.54) is 5.56 Å². The number of hydrogen-bond acceptors (Lipinski definition) is 3. The highest BCUT2D eigenvalue weighted by atomic mass is 16.5. The van der Waals surface area contributed by atoms with E-state index in [9.17, 15) is 4.79 Å². The van der Waals surface area contributed by atoms with Gasteiger partial charge in [-0.1, -0.05) is 72.3 Å². The van der Waals surface area contributed by atoms with Gasteiger partial charge in [-0.3, -0.25) is 14.7 Å². The molecule has 168 valence electrons. The Bertz CT molecular complexity index is 1330. The number of rotatable bonds is 4. The molecule has 0 fully saturated rings. The number of ether oxygens (including phenoxy) is 1. The van der Waals surface area contributed by atoms with E-state index < -0.39 is 0 Å². The van der Waals surface area contributed by atoms with Crippen LogP contribution in [-0.2, 0) is 0 Å². The van der Waals surface area contributed by atoms with Crippen LogP contribution in [0.4, 0.5) is 11.4 Å². The van der Waals surface area contributed by atoms with Crippen molar-refractivity contribution in [1.82, 2.24) is 0 Å². The smallest absolute Gasteiger partial charge is 0.258 e. The number of amides is 1. The zero-order chi connectivity index (χ0) is 23.5. The van der Waals surface area contributed by atoms with E-state index in [4.69, 9.17) is 9.73 Å². The third-order valence-electron chi connectivity index (χ3n) is 6.22. The van der Waals surface area contributed by atoms with Crippen molar-refractivity contribution in [2.75, 3.05) is 12.0 Å². The highest BCUT2D eigenvalue weighted by Gasteiger charge is 2.33. The van der Waals surface area contributed by atoms with Crippen molar-refractivity contribution < 1.29 is 9.53 Å². The van der Waals surface area contributed by atoms with E-state index in [0.29, 0.717) is 12.0 Å². The third kappa shape index (κ3) is 4.23. The van der Waals surface area contributed by atoms with E-state index in [0.717, 1.165) is 34.0 Å². The minimum Gasteiger partial charge on any atom is -0.497 e. The van der Waals surface area contributed by atoms with Crippen molar-refractivity contribution in [3.8, 4) is 5.75 Å². The predicted molar refractivity (Wildman–Crippen MR) is 137 cm³/mol. The second-order valence-corrected chi connectivity index (χ2v) is 8.45. The van der Waals surface area contributed by atoms with Crippen LogP contribution in [0.15, 0.2) is 108 Å². The summed E-state index contributed by atoms with van der Waals surface area (Å²) in [5, 5.41) is 0. The monoisotopic (exact) mass is 446 g/mol. The summed E-state index contributed by atoms with van der Waals surface area (Å²) < 4.78 is 5.29. The van der Waals surface area contributed by atoms with Crippen molar-refractivity contribution in [3.05, 3.63) is 125 Å². The fraction of sp³-hybridized carbons (Fsp3) is 0.133. The van der Waals surface area contributed by atoms with Crippen LogP contribution in [0.5, 0.6) is 5.75 Å². The molecule has 5 rings (SSSR count). The number of para-hydroxylation sites is 2. The number of carbonyl (C=O) groups excluding carboxylic acids is 1. The van der Waals surface area contributed by atoms with Crippen molar-refractivity contribution in [3.63, 3.8) is 0 Å². The zero-order valence-electron chi connectivity index (χ0n) is 19.3. The molecular weight excluding hydrogens is 420 g/mol. The van der Waals surface area contributed by atoms with Gasteiger partial charge in [0.1, 0.15) is 5.75 Å². The SMILES string of the molecule is COc1ccc(C(=O)N2c3ccccc3N=C(c3ccc(C)cc3)C[C@H]2c2ccccc2)cc1. The number of aliphatic imine (C=N–C) groups is 1. The first kappa shape index (κ1) is 21.7. The topological polar surface area (TPSA) is 41.9 Å². The Kier molecular flexibility index (Phi) is 5.96. The summed E-state index contributed by atoms with van der Waals surface area (Å²) in [6, 6.07) is 33.6. The average Bonchev–Trinajstić information content (AvgIpc) is 3.06. The third-order valence-corrected chi connectivity index (χ3v) is 6.22. The van der Waals surface area contributed by atoms with E-state index >= 15 is 0 Å². The van der Waals surface area contributed by atoms with Gasteiger partial charge >= 0.3 is 0 Å². The Balaban J connectivity index is 1.66. The van der Waals surface area contributed by atoms with Gasteiger partial charge in [0, 0.05) is 12.0 Å². The molecule has 34 heavy (non-hydrogen) atoms. The van der Waals surface area contributed by atoms with E-state index in [-0.39, 0.29) is 11.9 Å². The zero-order valence-corrected chi connectivity index (χ0v) is 19.3. The maximum absolute atomic E-state index is 14.0. The van der Waals surface area contributed by atoms with E-state index in [1.54, 1.807) is 7.11 Å². The lowest BCUT2D eigenvalue weighted by Crippen LogP contribution is -2.35. The van der Waals surface area contributed by atoms with Crippen molar-refractivity contribution in [2.45, 2.75) is 19.4 Å². The van der Waals surface area contributed by atoms with Gasteiger partial charge in [-0.15, -0.1) is 0 Å². The predicted octanol–water partition coefficient (Wildman–Crippen LogP) is 6.92. The highest BCUT2D eigenvalue weighted by molar-refractivity contribution is 6.11. The van der Waals surface area contributed by atoms with Gasteiger partial charge in [-0.05, 0) is 54.4 Å². The van der Waals surface area contributed by atoms with Crippen LogP contribution in [0.25, 0.3) is 0 Å². The van der Waals surface area contributed by atoms with Crippen LogP contribution in [0.1, 0.15) is 39.5 Å². The quantitative estimate of drug-likeness (QED) is 0.342. The molecule has 1 heterocycles. The molecule has 0 unspecified atom stereocenters. The Morgan fingerprint density at radius 3 is 2.24 bits per heavy atom. The second-order valence-electron chi connectivity index (χ2n) is 8.45. The summed E-state index contributed by atoms with van der Waals surface area (Å²) >= 11 is 0. The first-order valence-electron chi connectivity index (χ1n) is 11.4. The molecule has 0 aromatic heterocycles. The Hall–Kier alpha value is -4.18. The summed E-state index contributed by atoms with van der Waals surface area (Å²) in [5.74, 6) is 0.654. The van der Waals surface area contributed by atoms with Crippen LogP contribution in [0, 0.1) is 6.92 Å². The number of aryl methyl sites for hydroxylation is 1. The van der Waals surface area contributed by atoms with Gasteiger partial charge in [0.05, 0.1) is 30.2 Å². The van der Waals surface area contributed by atoms with Crippen molar-refractivity contribution in [1.29, 1.82) is 0 Å². The molecule has 0 radical (unpaired) electrons. The summed E-state index contributed by atoms with van der Waals surface area (Å²) in [5.41, 5.74) is 6.51. The molecule has 0 aliphatic carbocycles. The molecule has 1 aliphatic rings.